The number of ketones is 2. The number of methoxy groups -OCH3 is 4. The molecule has 0 aliphatic carbocycles. The van der Waals surface area contributed by atoms with Gasteiger partial charge in [-0.05, 0) is 66.4 Å². The largest absolute Gasteiger partial charge is 0.497 e. The number of ether oxygens (including phenoxy) is 4. The van der Waals surface area contributed by atoms with Crippen LogP contribution in [-0.2, 0) is 17.6 Å². The van der Waals surface area contributed by atoms with Gasteiger partial charge in [-0.15, -0.1) is 0 Å². The van der Waals surface area contributed by atoms with Crippen LogP contribution < -0.4 is 14.2 Å². The molecule has 0 heterocycles. The number of carbonyl (C=O) groups is 3. The van der Waals surface area contributed by atoms with Gasteiger partial charge in [-0.3, -0.25) is 9.59 Å². The molecule has 176 valence electrons. The van der Waals surface area contributed by atoms with E-state index >= 15 is 0 Å². The van der Waals surface area contributed by atoms with Crippen molar-refractivity contribution in [3.63, 3.8) is 0 Å². The van der Waals surface area contributed by atoms with Crippen molar-refractivity contribution in [2.45, 2.75) is 12.8 Å². The second kappa shape index (κ2) is 11.1. The lowest BCUT2D eigenvalue weighted by Crippen LogP contribution is -2.15. The molecule has 34 heavy (non-hydrogen) atoms. The molecular weight excluding hydrogens is 436 g/mol. The van der Waals surface area contributed by atoms with Gasteiger partial charge >= 0.3 is 5.97 Å². The van der Waals surface area contributed by atoms with Gasteiger partial charge in [-0.1, -0.05) is 12.1 Å². The minimum atomic E-state index is -0.673. The normalized spacial score (nSPS) is 10.4. The molecule has 0 amide bonds. The predicted molar refractivity (Wildman–Crippen MR) is 126 cm³/mol. The Morgan fingerprint density at radius 3 is 1.50 bits per heavy atom. The fraction of sp³-hybridized carbons (Fsp3) is 0.222. The van der Waals surface area contributed by atoms with E-state index in [0.717, 1.165) is 11.1 Å². The number of carbonyl (C=O) groups excluding carboxylic acids is 3. The minimum Gasteiger partial charge on any atom is -0.497 e. The van der Waals surface area contributed by atoms with E-state index in [1.165, 1.54) is 38.5 Å². The third kappa shape index (κ3) is 5.81. The maximum atomic E-state index is 13.0. The lowest BCUT2D eigenvalue weighted by Gasteiger charge is -2.11. The molecule has 0 aromatic heterocycles. The van der Waals surface area contributed by atoms with E-state index in [0.29, 0.717) is 35.7 Å². The summed E-state index contributed by atoms with van der Waals surface area (Å²) in [6, 6.07) is 16.5. The topological polar surface area (TPSA) is 88.1 Å². The third-order valence-corrected chi connectivity index (χ3v) is 5.35. The first-order chi connectivity index (χ1) is 16.4. The number of esters is 1. The molecule has 0 aliphatic rings. The summed E-state index contributed by atoms with van der Waals surface area (Å²) in [6.07, 6.45) is 1.27. The lowest BCUT2D eigenvalue weighted by atomic mass is 9.96. The Bertz CT molecular complexity index is 1170. The number of aryl methyl sites for hydroxylation is 2. The summed E-state index contributed by atoms with van der Waals surface area (Å²) >= 11 is 0. The average Bonchev–Trinajstić information content (AvgIpc) is 2.90. The van der Waals surface area contributed by atoms with Crippen molar-refractivity contribution < 1.29 is 33.3 Å². The quantitative estimate of drug-likeness (QED) is 0.251. The van der Waals surface area contributed by atoms with Crippen LogP contribution in [-0.4, -0.2) is 46.0 Å². The number of hydrogen-bond donors (Lipinski definition) is 0. The van der Waals surface area contributed by atoms with Crippen molar-refractivity contribution in [1.29, 1.82) is 0 Å². The van der Waals surface area contributed by atoms with Crippen molar-refractivity contribution >= 4 is 17.5 Å². The van der Waals surface area contributed by atoms with Crippen molar-refractivity contribution in [1.82, 2.24) is 0 Å². The van der Waals surface area contributed by atoms with Crippen LogP contribution >= 0.6 is 0 Å². The first-order valence-electron chi connectivity index (χ1n) is 10.6. The zero-order chi connectivity index (χ0) is 24.7. The molecule has 0 bridgehead atoms. The van der Waals surface area contributed by atoms with Gasteiger partial charge in [0.15, 0.2) is 0 Å². The summed E-state index contributed by atoms with van der Waals surface area (Å²) < 4.78 is 20.7. The monoisotopic (exact) mass is 462 g/mol. The van der Waals surface area contributed by atoms with Gasteiger partial charge in [0, 0.05) is 17.2 Å². The third-order valence-electron chi connectivity index (χ3n) is 5.35. The molecule has 0 fully saturated rings. The van der Waals surface area contributed by atoms with Gasteiger partial charge in [-0.2, -0.15) is 0 Å². The Labute approximate surface area is 198 Å². The summed E-state index contributed by atoms with van der Waals surface area (Å²) in [4.78, 5) is 37.3. The fourth-order valence-corrected chi connectivity index (χ4v) is 3.49. The second-order valence-electron chi connectivity index (χ2n) is 7.52. The van der Waals surface area contributed by atoms with Crippen molar-refractivity contribution in [2.24, 2.45) is 0 Å². The molecule has 3 aromatic carbocycles. The van der Waals surface area contributed by atoms with Crippen molar-refractivity contribution in [2.75, 3.05) is 28.4 Å². The Morgan fingerprint density at radius 2 is 1.00 bits per heavy atom. The molecule has 0 radical (unpaired) electrons. The maximum absolute atomic E-state index is 13.0. The van der Waals surface area contributed by atoms with Gasteiger partial charge in [0.2, 0.25) is 11.6 Å². The van der Waals surface area contributed by atoms with Crippen LogP contribution in [0.25, 0.3) is 0 Å². The fourth-order valence-electron chi connectivity index (χ4n) is 3.49. The van der Waals surface area contributed by atoms with E-state index in [-0.39, 0.29) is 11.1 Å². The molecule has 0 saturated heterocycles. The minimum absolute atomic E-state index is 0.186. The Hall–Kier alpha value is -4.13. The van der Waals surface area contributed by atoms with Gasteiger partial charge in [0.05, 0.1) is 34.0 Å². The van der Waals surface area contributed by atoms with Crippen LogP contribution in [0.4, 0.5) is 0 Å². The molecule has 0 spiro atoms. The Balaban J connectivity index is 1.81. The molecule has 0 saturated carbocycles. The highest BCUT2D eigenvalue weighted by atomic mass is 16.5. The van der Waals surface area contributed by atoms with E-state index in [9.17, 15) is 14.4 Å². The van der Waals surface area contributed by atoms with Crippen LogP contribution in [0.3, 0.4) is 0 Å². The zero-order valence-corrected chi connectivity index (χ0v) is 19.5. The van der Waals surface area contributed by atoms with Gasteiger partial charge in [0.1, 0.15) is 17.2 Å². The van der Waals surface area contributed by atoms with E-state index in [1.54, 1.807) is 32.4 Å². The van der Waals surface area contributed by atoms with Crippen LogP contribution in [0.1, 0.15) is 42.2 Å². The second-order valence-corrected chi connectivity index (χ2v) is 7.52. The van der Waals surface area contributed by atoms with Crippen LogP contribution in [0, 0.1) is 0 Å². The number of Topliss-reactive ketones (excluding diaryl/α,β-unsaturated/α-hetero) is 2. The predicted octanol–water partition coefficient (Wildman–Crippen LogP) is 4.35. The zero-order valence-electron chi connectivity index (χ0n) is 19.5. The number of hydrogen-bond acceptors (Lipinski definition) is 7. The highest BCUT2D eigenvalue weighted by molar-refractivity contribution is 6.49. The van der Waals surface area contributed by atoms with Gasteiger partial charge in [-0.25, -0.2) is 4.79 Å². The molecule has 0 unspecified atom stereocenters. The van der Waals surface area contributed by atoms with Crippen LogP contribution in [0.2, 0.25) is 0 Å². The molecule has 0 N–H and O–H groups in total. The van der Waals surface area contributed by atoms with E-state index in [1.807, 2.05) is 18.2 Å². The van der Waals surface area contributed by atoms with Crippen LogP contribution in [0.5, 0.6) is 17.2 Å². The molecule has 0 aliphatic heterocycles. The summed E-state index contributed by atoms with van der Waals surface area (Å²) in [5.74, 6) is 0.0239. The SMILES string of the molecule is COC(=O)c1ccc(C(=O)C(=O)c2cc(CCc3cc(OC)cc(OC)c3)cc(OC)c2)cc1. The van der Waals surface area contributed by atoms with E-state index in [2.05, 4.69) is 4.74 Å². The Morgan fingerprint density at radius 1 is 0.559 bits per heavy atom. The molecule has 7 heteroatoms. The summed E-state index contributed by atoms with van der Waals surface area (Å²) in [7, 11) is 5.97. The first-order valence-corrected chi connectivity index (χ1v) is 10.6. The maximum Gasteiger partial charge on any atom is 0.337 e. The molecule has 0 atom stereocenters. The van der Waals surface area contributed by atoms with E-state index in [4.69, 9.17) is 14.2 Å². The van der Waals surface area contributed by atoms with Gasteiger partial charge < -0.3 is 18.9 Å². The summed E-state index contributed by atoms with van der Waals surface area (Å²) in [5, 5.41) is 0. The highest BCUT2D eigenvalue weighted by Gasteiger charge is 2.20. The number of benzene rings is 3. The standard InChI is InChI=1S/C27H26O7/c1-31-22-12-17(5-6-18-13-23(32-2)16-24(14-18)33-3)11-21(15-22)26(29)25(28)19-7-9-20(10-8-19)27(30)34-4/h7-16H,5-6H2,1-4H3. The van der Waals surface area contributed by atoms with Gasteiger partial charge in [0.25, 0.3) is 0 Å². The van der Waals surface area contributed by atoms with Crippen molar-refractivity contribution in [3.8, 4) is 17.2 Å². The smallest absolute Gasteiger partial charge is 0.337 e. The Kier molecular flexibility index (Phi) is 8.03. The average molecular weight is 462 g/mol. The number of rotatable bonds is 10. The first kappa shape index (κ1) is 24.5. The van der Waals surface area contributed by atoms with E-state index < -0.39 is 17.5 Å². The molecule has 3 rings (SSSR count). The molecule has 3 aromatic rings. The highest BCUT2D eigenvalue weighted by Crippen LogP contribution is 2.25. The summed E-state index contributed by atoms with van der Waals surface area (Å²) in [6.45, 7) is 0. The van der Waals surface area contributed by atoms with Crippen molar-refractivity contribution in [3.05, 3.63) is 88.5 Å². The molecular formula is C27H26O7. The lowest BCUT2D eigenvalue weighted by molar-refractivity contribution is 0.0600. The van der Waals surface area contributed by atoms with Crippen LogP contribution in [0.15, 0.2) is 60.7 Å². The summed E-state index contributed by atoms with van der Waals surface area (Å²) in [5.41, 5.74) is 2.57. The molecule has 7 nitrogen and oxygen atoms in total.